The van der Waals surface area contributed by atoms with Crippen molar-refractivity contribution in [3.05, 3.63) is 30.1 Å². The molecule has 6 heteroatoms. The molecular formula is C17H21N3O3. The van der Waals surface area contributed by atoms with Crippen molar-refractivity contribution in [1.82, 2.24) is 14.9 Å². The van der Waals surface area contributed by atoms with E-state index in [4.69, 9.17) is 0 Å². The lowest BCUT2D eigenvalue weighted by Crippen LogP contribution is -2.56. The number of carboxylic acids is 1. The molecule has 0 radical (unpaired) electrons. The summed E-state index contributed by atoms with van der Waals surface area (Å²) < 4.78 is 0. The fourth-order valence-electron chi connectivity index (χ4n) is 3.51. The number of nitrogens with zero attached hydrogens (tertiary/aromatic N) is 2. The summed E-state index contributed by atoms with van der Waals surface area (Å²) in [6.45, 7) is 0. The first-order valence-corrected chi connectivity index (χ1v) is 7.95. The third-order valence-corrected chi connectivity index (χ3v) is 4.97. The van der Waals surface area contributed by atoms with E-state index in [1.807, 2.05) is 12.1 Å². The number of fused-ring (bicyclic) bond motifs is 1. The van der Waals surface area contributed by atoms with Gasteiger partial charge in [-0.1, -0.05) is 19.3 Å². The Morgan fingerprint density at radius 3 is 2.78 bits per heavy atom. The highest BCUT2D eigenvalue weighted by molar-refractivity contribution is 5.91. The van der Waals surface area contributed by atoms with Gasteiger partial charge in [0.1, 0.15) is 11.2 Å². The molecule has 0 aliphatic heterocycles. The SMILES string of the molecule is CN(C(=O)Cc1c[nH]c2ncccc12)C1(C(=O)O)CCCCC1. The number of pyridine rings is 1. The molecule has 2 N–H and O–H groups in total. The molecule has 6 nitrogen and oxygen atoms in total. The second kappa shape index (κ2) is 6.02. The highest BCUT2D eigenvalue weighted by Crippen LogP contribution is 2.34. The van der Waals surface area contributed by atoms with Crippen LogP contribution in [-0.4, -0.2) is 44.4 Å². The summed E-state index contributed by atoms with van der Waals surface area (Å²) in [6.07, 6.45) is 7.43. The van der Waals surface area contributed by atoms with E-state index in [0.717, 1.165) is 35.9 Å². The van der Waals surface area contributed by atoms with Gasteiger partial charge in [0.15, 0.2) is 0 Å². The van der Waals surface area contributed by atoms with Crippen molar-refractivity contribution in [2.45, 2.75) is 44.1 Å². The van der Waals surface area contributed by atoms with Crippen LogP contribution in [0.1, 0.15) is 37.7 Å². The minimum absolute atomic E-state index is 0.168. The monoisotopic (exact) mass is 315 g/mol. The molecule has 2 heterocycles. The molecular weight excluding hydrogens is 294 g/mol. The van der Waals surface area contributed by atoms with Gasteiger partial charge >= 0.3 is 5.97 Å². The molecule has 0 atom stereocenters. The third-order valence-electron chi connectivity index (χ3n) is 4.97. The van der Waals surface area contributed by atoms with Crippen LogP contribution in [0.25, 0.3) is 11.0 Å². The van der Waals surface area contributed by atoms with Gasteiger partial charge in [-0.3, -0.25) is 4.79 Å². The Morgan fingerprint density at radius 1 is 1.35 bits per heavy atom. The summed E-state index contributed by atoms with van der Waals surface area (Å²) >= 11 is 0. The molecule has 0 spiro atoms. The molecule has 1 saturated carbocycles. The molecule has 2 aromatic rings. The van der Waals surface area contributed by atoms with E-state index in [-0.39, 0.29) is 12.3 Å². The third kappa shape index (κ3) is 2.69. The number of carbonyl (C=O) groups is 2. The Labute approximate surface area is 134 Å². The summed E-state index contributed by atoms with van der Waals surface area (Å²) in [5.74, 6) is -1.06. The average Bonchev–Trinajstić information content (AvgIpc) is 2.98. The van der Waals surface area contributed by atoms with Crippen LogP contribution in [0.3, 0.4) is 0 Å². The fourth-order valence-corrected chi connectivity index (χ4v) is 3.51. The van der Waals surface area contributed by atoms with Gasteiger partial charge in [0.05, 0.1) is 6.42 Å². The lowest BCUT2D eigenvalue weighted by Gasteiger charge is -2.41. The number of likely N-dealkylation sites (N-methyl/N-ethyl adjacent to an activating group) is 1. The molecule has 1 aliphatic rings. The van der Waals surface area contributed by atoms with Gasteiger partial charge in [-0.15, -0.1) is 0 Å². The number of hydrogen-bond acceptors (Lipinski definition) is 3. The predicted molar refractivity (Wildman–Crippen MR) is 86.0 cm³/mol. The second-order valence-corrected chi connectivity index (χ2v) is 6.24. The molecule has 1 amide bonds. The standard InChI is InChI=1S/C17H21N3O3/c1-20(17(16(22)23)7-3-2-4-8-17)14(21)10-12-11-19-15-13(12)6-5-9-18-15/h5-6,9,11H,2-4,7-8,10H2,1H3,(H,18,19)(H,22,23). The maximum Gasteiger partial charge on any atom is 0.329 e. The van der Waals surface area contributed by atoms with Crippen LogP contribution in [0.5, 0.6) is 0 Å². The molecule has 1 aliphatic carbocycles. The molecule has 23 heavy (non-hydrogen) atoms. The second-order valence-electron chi connectivity index (χ2n) is 6.24. The van der Waals surface area contributed by atoms with Gasteiger partial charge in [0.2, 0.25) is 5.91 Å². The Balaban J connectivity index is 1.83. The van der Waals surface area contributed by atoms with E-state index in [9.17, 15) is 14.7 Å². The minimum atomic E-state index is -1.06. The van der Waals surface area contributed by atoms with E-state index < -0.39 is 11.5 Å². The number of amides is 1. The van der Waals surface area contributed by atoms with Crippen molar-refractivity contribution in [3.8, 4) is 0 Å². The first-order chi connectivity index (χ1) is 11.0. The largest absolute Gasteiger partial charge is 0.479 e. The summed E-state index contributed by atoms with van der Waals surface area (Å²) in [5.41, 5.74) is 0.532. The molecule has 0 saturated heterocycles. The molecule has 0 unspecified atom stereocenters. The number of aliphatic carboxylic acids is 1. The maximum atomic E-state index is 12.7. The Hall–Kier alpha value is -2.37. The average molecular weight is 315 g/mol. The molecule has 2 aromatic heterocycles. The number of H-pyrrole nitrogens is 1. The number of aromatic amines is 1. The van der Waals surface area contributed by atoms with Crippen molar-refractivity contribution in [2.24, 2.45) is 0 Å². The van der Waals surface area contributed by atoms with E-state index in [1.165, 1.54) is 4.90 Å². The van der Waals surface area contributed by atoms with Gasteiger partial charge in [-0.25, -0.2) is 9.78 Å². The fraction of sp³-hybridized carbons (Fsp3) is 0.471. The van der Waals surface area contributed by atoms with E-state index in [0.29, 0.717) is 12.8 Å². The van der Waals surface area contributed by atoms with E-state index >= 15 is 0 Å². The topological polar surface area (TPSA) is 86.3 Å². The summed E-state index contributed by atoms with van der Waals surface area (Å²) in [7, 11) is 1.62. The molecule has 3 rings (SSSR count). The van der Waals surface area contributed by atoms with Gasteiger partial charge in [-0.05, 0) is 30.5 Å². The van der Waals surface area contributed by atoms with E-state index in [1.54, 1.807) is 19.4 Å². The first kappa shape index (κ1) is 15.5. The van der Waals surface area contributed by atoms with Gasteiger partial charge in [0.25, 0.3) is 0 Å². The Bertz CT molecular complexity index is 732. The van der Waals surface area contributed by atoms with Crippen LogP contribution in [-0.2, 0) is 16.0 Å². The summed E-state index contributed by atoms with van der Waals surface area (Å²) in [5, 5.41) is 10.6. The Morgan fingerprint density at radius 2 is 2.09 bits per heavy atom. The van der Waals surface area contributed by atoms with Crippen LogP contribution < -0.4 is 0 Å². The zero-order chi connectivity index (χ0) is 16.4. The van der Waals surface area contributed by atoms with Crippen molar-refractivity contribution >= 4 is 22.9 Å². The van der Waals surface area contributed by atoms with Crippen molar-refractivity contribution in [3.63, 3.8) is 0 Å². The smallest absolute Gasteiger partial charge is 0.329 e. The van der Waals surface area contributed by atoms with Gasteiger partial charge < -0.3 is 15.0 Å². The minimum Gasteiger partial charge on any atom is -0.479 e. The zero-order valence-corrected chi connectivity index (χ0v) is 13.2. The molecule has 122 valence electrons. The van der Waals surface area contributed by atoms with Crippen LogP contribution >= 0.6 is 0 Å². The lowest BCUT2D eigenvalue weighted by atomic mass is 9.80. The van der Waals surface area contributed by atoms with Crippen molar-refractivity contribution in [1.29, 1.82) is 0 Å². The maximum absolute atomic E-state index is 12.7. The highest BCUT2D eigenvalue weighted by atomic mass is 16.4. The first-order valence-electron chi connectivity index (χ1n) is 7.95. The van der Waals surface area contributed by atoms with Crippen LogP contribution in [0.4, 0.5) is 0 Å². The van der Waals surface area contributed by atoms with E-state index in [2.05, 4.69) is 9.97 Å². The molecule has 0 aromatic carbocycles. The number of rotatable bonds is 4. The zero-order valence-electron chi connectivity index (χ0n) is 13.2. The molecule has 0 bridgehead atoms. The van der Waals surface area contributed by atoms with Gasteiger partial charge in [0, 0.05) is 24.8 Å². The number of aromatic nitrogens is 2. The Kier molecular flexibility index (Phi) is 4.07. The van der Waals surface area contributed by atoms with Crippen LogP contribution in [0.15, 0.2) is 24.5 Å². The highest BCUT2D eigenvalue weighted by Gasteiger charge is 2.45. The summed E-state index contributed by atoms with van der Waals surface area (Å²) in [4.78, 5) is 33.2. The molecule has 1 fully saturated rings. The predicted octanol–water partition coefficient (Wildman–Crippen LogP) is 2.35. The van der Waals surface area contributed by atoms with Crippen molar-refractivity contribution < 1.29 is 14.7 Å². The summed E-state index contributed by atoms with van der Waals surface area (Å²) in [6, 6.07) is 3.74. The number of hydrogen-bond donors (Lipinski definition) is 2. The number of nitrogens with one attached hydrogen (secondary N) is 1. The lowest BCUT2D eigenvalue weighted by molar-refractivity contribution is -0.160. The number of carbonyl (C=O) groups excluding carboxylic acids is 1. The van der Waals surface area contributed by atoms with Crippen molar-refractivity contribution in [2.75, 3.05) is 7.05 Å². The quantitative estimate of drug-likeness (QED) is 0.907. The number of carboxylic acid groups (broad SMARTS) is 1. The normalized spacial score (nSPS) is 17.1. The van der Waals surface area contributed by atoms with Crippen LogP contribution in [0, 0.1) is 0 Å². The van der Waals surface area contributed by atoms with Gasteiger partial charge in [-0.2, -0.15) is 0 Å². The van der Waals surface area contributed by atoms with Crippen LogP contribution in [0.2, 0.25) is 0 Å².